The van der Waals surface area contributed by atoms with Gasteiger partial charge in [-0.15, -0.1) is 0 Å². The maximum atomic E-state index is 13.3. The monoisotopic (exact) mass is 473 g/mol. The van der Waals surface area contributed by atoms with E-state index in [4.69, 9.17) is 21.4 Å². The summed E-state index contributed by atoms with van der Waals surface area (Å²) < 4.78 is 33.7. The van der Waals surface area contributed by atoms with E-state index in [9.17, 15) is 13.2 Å². The molecular weight excluding hydrogens is 450 g/mol. The minimum absolute atomic E-state index is 0.0168. The Morgan fingerprint density at radius 1 is 0.938 bits per heavy atom. The number of aryl methyl sites for hydroxylation is 1. The molecule has 3 aromatic carbocycles. The molecule has 168 valence electrons. The minimum atomic E-state index is -3.77. The van der Waals surface area contributed by atoms with E-state index in [2.05, 4.69) is 0 Å². The number of aliphatic carboxylic acids is 1. The van der Waals surface area contributed by atoms with Crippen LogP contribution in [0.5, 0.6) is 5.75 Å². The van der Waals surface area contributed by atoms with Gasteiger partial charge in [-0.05, 0) is 47.9 Å². The van der Waals surface area contributed by atoms with Crippen LogP contribution in [0.1, 0.15) is 17.5 Å². The van der Waals surface area contributed by atoms with E-state index in [0.29, 0.717) is 17.2 Å². The Kier molecular flexibility index (Phi) is 8.27. The highest BCUT2D eigenvalue weighted by molar-refractivity contribution is 7.89. The van der Waals surface area contributed by atoms with E-state index in [1.807, 2.05) is 24.3 Å². The summed E-state index contributed by atoms with van der Waals surface area (Å²) >= 11 is 5.98. The lowest BCUT2D eigenvalue weighted by molar-refractivity contribution is -0.136. The van der Waals surface area contributed by atoms with Gasteiger partial charge in [0, 0.05) is 24.5 Å². The molecule has 0 fully saturated rings. The van der Waals surface area contributed by atoms with Crippen molar-refractivity contribution in [1.29, 1.82) is 0 Å². The Morgan fingerprint density at radius 3 is 2.38 bits per heavy atom. The molecule has 0 bridgehead atoms. The van der Waals surface area contributed by atoms with Crippen LogP contribution in [0.15, 0.2) is 83.8 Å². The highest BCUT2D eigenvalue weighted by Gasteiger charge is 2.24. The number of carboxylic acid groups (broad SMARTS) is 1. The molecular formula is C24H24ClNO5S. The van der Waals surface area contributed by atoms with Crippen molar-refractivity contribution >= 4 is 27.6 Å². The standard InChI is InChI=1S/C24H24ClNO5S/c25-21-8-5-9-22(17-21)31-15-14-26(32(29,30)23-10-2-1-3-11-23)18-20-7-4-6-19(16-20)12-13-24(27)28/h1-11,16-17H,12-15,18H2,(H,27,28). The molecule has 32 heavy (non-hydrogen) atoms. The zero-order chi connectivity index (χ0) is 23.0. The Labute approximate surface area is 193 Å². The topological polar surface area (TPSA) is 83.9 Å². The van der Waals surface area contributed by atoms with Gasteiger partial charge in [0.05, 0.1) is 4.90 Å². The summed E-state index contributed by atoms with van der Waals surface area (Å²) in [5.74, 6) is -0.313. The molecule has 3 aromatic rings. The van der Waals surface area contributed by atoms with E-state index >= 15 is 0 Å². The quantitative estimate of drug-likeness (QED) is 0.439. The van der Waals surface area contributed by atoms with Crippen LogP contribution >= 0.6 is 11.6 Å². The first kappa shape index (κ1) is 23.8. The fraction of sp³-hybridized carbons (Fsp3) is 0.208. The molecule has 0 aliphatic rings. The fourth-order valence-electron chi connectivity index (χ4n) is 3.19. The van der Waals surface area contributed by atoms with Crippen molar-refractivity contribution in [2.24, 2.45) is 0 Å². The molecule has 0 atom stereocenters. The Morgan fingerprint density at radius 2 is 1.66 bits per heavy atom. The van der Waals surface area contributed by atoms with Crippen molar-refractivity contribution in [1.82, 2.24) is 4.31 Å². The number of carboxylic acids is 1. The third kappa shape index (κ3) is 6.82. The Hall–Kier alpha value is -2.87. The molecule has 0 amide bonds. The van der Waals surface area contributed by atoms with E-state index in [0.717, 1.165) is 11.1 Å². The number of hydrogen-bond donors (Lipinski definition) is 1. The highest BCUT2D eigenvalue weighted by atomic mass is 35.5. The van der Waals surface area contributed by atoms with Crippen LogP contribution in [-0.2, 0) is 27.8 Å². The number of hydrogen-bond acceptors (Lipinski definition) is 4. The lowest BCUT2D eigenvalue weighted by Gasteiger charge is -2.23. The Bertz CT molecular complexity index is 1150. The number of benzene rings is 3. The molecule has 0 aliphatic heterocycles. The number of rotatable bonds is 11. The lowest BCUT2D eigenvalue weighted by atomic mass is 10.1. The molecule has 0 spiro atoms. The van der Waals surface area contributed by atoms with Crippen LogP contribution in [0.3, 0.4) is 0 Å². The largest absolute Gasteiger partial charge is 0.492 e. The summed E-state index contributed by atoms with van der Waals surface area (Å²) in [6, 6.07) is 22.5. The van der Waals surface area contributed by atoms with Gasteiger partial charge in [0.1, 0.15) is 12.4 Å². The predicted octanol–water partition coefficient (Wildman–Crippen LogP) is 4.63. The van der Waals surface area contributed by atoms with Gasteiger partial charge in [-0.2, -0.15) is 4.31 Å². The van der Waals surface area contributed by atoms with Crippen LogP contribution in [0, 0.1) is 0 Å². The molecule has 0 aromatic heterocycles. The third-order valence-corrected chi connectivity index (χ3v) is 6.86. The zero-order valence-corrected chi connectivity index (χ0v) is 18.9. The van der Waals surface area contributed by atoms with Gasteiger partial charge < -0.3 is 9.84 Å². The van der Waals surface area contributed by atoms with Crippen LogP contribution in [0.4, 0.5) is 0 Å². The first-order chi connectivity index (χ1) is 15.3. The lowest BCUT2D eigenvalue weighted by Crippen LogP contribution is -2.34. The second-order valence-corrected chi connectivity index (χ2v) is 9.55. The van der Waals surface area contributed by atoms with E-state index in [1.165, 1.54) is 4.31 Å². The van der Waals surface area contributed by atoms with Crippen LogP contribution in [-0.4, -0.2) is 37.0 Å². The van der Waals surface area contributed by atoms with Gasteiger partial charge in [0.25, 0.3) is 0 Å². The van der Waals surface area contributed by atoms with Gasteiger partial charge in [0.15, 0.2) is 0 Å². The molecule has 0 saturated carbocycles. The maximum Gasteiger partial charge on any atom is 0.303 e. The summed E-state index contributed by atoms with van der Waals surface area (Å²) in [6.07, 6.45) is 0.398. The van der Waals surface area contributed by atoms with Crippen molar-refractivity contribution in [3.63, 3.8) is 0 Å². The number of carbonyl (C=O) groups is 1. The van der Waals surface area contributed by atoms with Crippen molar-refractivity contribution in [3.8, 4) is 5.75 Å². The molecule has 0 unspecified atom stereocenters. The van der Waals surface area contributed by atoms with Crippen molar-refractivity contribution in [2.45, 2.75) is 24.3 Å². The van der Waals surface area contributed by atoms with E-state index in [1.54, 1.807) is 54.6 Å². The molecule has 0 saturated heterocycles. The van der Waals surface area contributed by atoms with Gasteiger partial charge in [-0.25, -0.2) is 8.42 Å². The van der Waals surface area contributed by atoms with Crippen molar-refractivity contribution in [2.75, 3.05) is 13.2 Å². The molecule has 3 rings (SSSR count). The SMILES string of the molecule is O=C(O)CCc1cccc(CN(CCOc2cccc(Cl)c2)S(=O)(=O)c2ccccc2)c1. The van der Waals surface area contributed by atoms with Gasteiger partial charge in [-0.1, -0.05) is 60.1 Å². The van der Waals surface area contributed by atoms with Crippen LogP contribution in [0.2, 0.25) is 5.02 Å². The minimum Gasteiger partial charge on any atom is -0.492 e. The summed E-state index contributed by atoms with van der Waals surface area (Å²) in [4.78, 5) is 11.1. The maximum absolute atomic E-state index is 13.3. The fourth-order valence-corrected chi connectivity index (χ4v) is 4.80. The summed E-state index contributed by atoms with van der Waals surface area (Å²) in [7, 11) is -3.77. The smallest absolute Gasteiger partial charge is 0.303 e. The summed E-state index contributed by atoms with van der Waals surface area (Å²) in [6.45, 7) is 0.408. The summed E-state index contributed by atoms with van der Waals surface area (Å²) in [5.41, 5.74) is 1.62. The highest BCUT2D eigenvalue weighted by Crippen LogP contribution is 2.21. The number of ether oxygens (including phenoxy) is 1. The third-order valence-electron chi connectivity index (χ3n) is 4.76. The van der Waals surface area contributed by atoms with Gasteiger partial charge >= 0.3 is 5.97 Å². The van der Waals surface area contributed by atoms with E-state index in [-0.39, 0.29) is 31.0 Å². The van der Waals surface area contributed by atoms with E-state index < -0.39 is 16.0 Å². The van der Waals surface area contributed by atoms with Crippen molar-refractivity contribution in [3.05, 3.63) is 95.0 Å². The molecule has 6 nitrogen and oxygen atoms in total. The van der Waals surface area contributed by atoms with Crippen LogP contribution < -0.4 is 4.74 Å². The zero-order valence-electron chi connectivity index (χ0n) is 17.4. The average Bonchev–Trinajstić information content (AvgIpc) is 2.78. The second-order valence-electron chi connectivity index (χ2n) is 7.17. The Balaban J connectivity index is 1.79. The first-order valence-corrected chi connectivity index (χ1v) is 11.9. The first-order valence-electron chi connectivity index (χ1n) is 10.1. The average molecular weight is 474 g/mol. The predicted molar refractivity (Wildman–Crippen MR) is 123 cm³/mol. The normalized spacial score (nSPS) is 11.4. The summed E-state index contributed by atoms with van der Waals surface area (Å²) in [5, 5.41) is 9.46. The van der Waals surface area contributed by atoms with Gasteiger partial charge in [0.2, 0.25) is 10.0 Å². The molecule has 8 heteroatoms. The van der Waals surface area contributed by atoms with Crippen molar-refractivity contribution < 1.29 is 23.1 Å². The second kappa shape index (κ2) is 11.1. The molecule has 0 heterocycles. The van der Waals surface area contributed by atoms with Gasteiger partial charge in [-0.3, -0.25) is 4.79 Å². The number of halogens is 1. The number of nitrogens with zero attached hydrogens (tertiary/aromatic N) is 1. The number of sulfonamides is 1. The molecule has 0 aliphatic carbocycles. The molecule has 0 radical (unpaired) electrons. The van der Waals surface area contributed by atoms with Crippen LogP contribution in [0.25, 0.3) is 0 Å². The molecule has 1 N–H and O–H groups in total.